The van der Waals surface area contributed by atoms with Gasteiger partial charge in [0.1, 0.15) is 5.82 Å². The van der Waals surface area contributed by atoms with E-state index in [1.54, 1.807) is 13.0 Å². The number of hydrogen-bond acceptors (Lipinski definition) is 2. The Morgan fingerprint density at radius 2 is 1.95 bits per heavy atom. The summed E-state index contributed by atoms with van der Waals surface area (Å²) in [5.74, 6) is 1.19. The molecule has 112 valence electrons. The lowest BCUT2D eigenvalue weighted by Gasteiger charge is -2.27. The van der Waals surface area contributed by atoms with E-state index in [2.05, 4.69) is 18.7 Å². The summed E-state index contributed by atoms with van der Waals surface area (Å²) in [5.41, 5.74) is 1.31. The molecule has 0 aliphatic carbocycles. The van der Waals surface area contributed by atoms with Crippen molar-refractivity contribution in [2.45, 2.75) is 46.1 Å². The van der Waals surface area contributed by atoms with Gasteiger partial charge in [0.25, 0.3) is 0 Å². The van der Waals surface area contributed by atoms with Gasteiger partial charge in [-0.2, -0.15) is 0 Å². The molecule has 0 radical (unpaired) electrons. The Bertz CT molecular complexity index is 445. The zero-order valence-electron chi connectivity index (χ0n) is 12.8. The van der Waals surface area contributed by atoms with Crippen molar-refractivity contribution < 1.29 is 9.50 Å². The lowest BCUT2D eigenvalue weighted by Crippen LogP contribution is -2.27. The summed E-state index contributed by atoms with van der Waals surface area (Å²) in [5, 5.41) is 9.88. The van der Waals surface area contributed by atoms with E-state index in [9.17, 15) is 9.50 Å². The summed E-state index contributed by atoms with van der Waals surface area (Å²) in [4.78, 5) is 2.12. The third-order valence-electron chi connectivity index (χ3n) is 4.50. The van der Waals surface area contributed by atoms with E-state index in [4.69, 9.17) is 0 Å². The molecule has 1 aliphatic heterocycles. The first-order valence-corrected chi connectivity index (χ1v) is 7.72. The van der Waals surface area contributed by atoms with Crippen molar-refractivity contribution >= 4 is 5.69 Å². The van der Waals surface area contributed by atoms with E-state index >= 15 is 0 Å². The molecule has 0 saturated carbocycles. The van der Waals surface area contributed by atoms with Crippen LogP contribution in [0.1, 0.15) is 51.7 Å². The fourth-order valence-electron chi connectivity index (χ4n) is 3.22. The zero-order valence-corrected chi connectivity index (χ0v) is 12.8. The van der Waals surface area contributed by atoms with Crippen LogP contribution in [0.2, 0.25) is 0 Å². The second-order valence-corrected chi connectivity index (χ2v) is 6.28. The molecular formula is C17H26FNO. The molecule has 0 aromatic heterocycles. The predicted molar refractivity (Wildman–Crippen MR) is 81.4 cm³/mol. The fraction of sp³-hybridized carbons (Fsp3) is 0.647. The van der Waals surface area contributed by atoms with Crippen molar-refractivity contribution in [2.24, 2.45) is 11.8 Å². The number of halogens is 1. The van der Waals surface area contributed by atoms with Crippen LogP contribution in [0.25, 0.3) is 0 Å². The van der Waals surface area contributed by atoms with Gasteiger partial charge in [0, 0.05) is 18.7 Å². The van der Waals surface area contributed by atoms with E-state index in [1.807, 2.05) is 6.07 Å². The van der Waals surface area contributed by atoms with Gasteiger partial charge >= 0.3 is 0 Å². The molecule has 3 heteroatoms. The molecule has 1 aliphatic rings. The number of anilines is 1. The quantitative estimate of drug-likeness (QED) is 0.898. The second-order valence-electron chi connectivity index (χ2n) is 6.28. The Kier molecular flexibility index (Phi) is 5.03. The molecule has 1 heterocycles. The first-order chi connectivity index (χ1) is 9.50. The van der Waals surface area contributed by atoms with E-state index in [0.29, 0.717) is 17.2 Å². The molecule has 1 N–H and O–H groups in total. The monoisotopic (exact) mass is 279 g/mol. The highest BCUT2D eigenvalue weighted by atomic mass is 19.1. The molecule has 2 atom stereocenters. The summed E-state index contributed by atoms with van der Waals surface area (Å²) in [6.45, 7) is 8.00. The summed E-state index contributed by atoms with van der Waals surface area (Å²) in [6, 6.07) is 5.00. The largest absolute Gasteiger partial charge is 0.389 e. The number of aliphatic hydroxyl groups is 1. The van der Waals surface area contributed by atoms with E-state index in [-0.39, 0.29) is 5.82 Å². The highest BCUT2D eigenvalue weighted by molar-refractivity contribution is 5.56. The van der Waals surface area contributed by atoms with Gasteiger partial charge in [0.2, 0.25) is 0 Å². The van der Waals surface area contributed by atoms with Crippen LogP contribution in [0.3, 0.4) is 0 Å². The van der Waals surface area contributed by atoms with Crippen molar-refractivity contribution in [1.29, 1.82) is 0 Å². The molecule has 1 saturated heterocycles. The average Bonchev–Trinajstić information content (AvgIpc) is 2.64. The van der Waals surface area contributed by atoms with Gasteiger partial charge in [-0.05, 0) is 44.1 Å². The molecule has 1 aromatic rings. The molecular weight excluding hydrogens is 253 g/mol. The van der Waals surface area contributed by atoms with Crippen molar-refractivity contribution in [3.8, 4) is 0 Å². The number of para-hydroxylation sites is 1. The van der Waals surface area contributed by atoms with Gasteiger partial charge in [-0.1, -0.05) is 26.0 Å². The number of nitrogens with zero attached hydrogens (tertiary/aromatic N) is 1. The molecule has 20 heavy (non-hydrogen) atoms. The molecule has 0 bridgehead atoms. The van der Waals surface area contributed by atoms with Gasteiger partial charge in [-0.25, -0.2) is 4.39 Å². The fourth-order valence-corrected chi connectivity index (χ4v) is 3.22. The van der Waals surface area contributed by atoms with Crippen LogP contribution in [0.4, 0.5) is 10.1 Å². The zero-order chi connectivity index (χ0) is 14.7. The smallest absolute Gasteiger partial charge is 0.146 e. The normalized spacial score (nSPS) is 21.9. The first kappa shape index (κ1) is 15.3. The SMILES string of the molecule is CC(C)C1CCCN(c2c(F)cccc2[C@@H](C)O)CC1. The molecule has 2 nitrogen and oxygen atoms in total. The Hall–Kier alpha value is -1.09. The van der Waals surface area contributed by atoms with E-state index in [0.717, 1.165) is 31.8 Å². The topological polar surface area (TPSA) is 23.5 Å². The lowest BCUT2D eigenvalue weighted by atomic mass is 9.89. The Morgan fingerprint density at radius 1 is 1.20 bits per heavy atom. The van der Waals surface area contributed by atoms with Crippen LogP contribution in [-0.4, -0.2) is 18.2 Å². The third kappa shape index (κ3) is 3.32. The highest BCUT2D eigenvalue weighted by Gasteiger charge is 2.23. The van der Waals surface area contributed by atoms with Gasteiger partial charge in [0.05, 0.1) is 11.8 Å². The van der Waals surface area contributed by atoms with Crippen molar-refractivity contribution in [3.63, 3.8) is 0 Å². The minimum atomic E-state index is -0.634. The molecule has 1 unspecified atom stereocenters. The molecule has 1 aromatic carbocycles. The molecule has 0 spiro atoms. The van der Waals surface area contributed by atoms with Gasteiger partial charge in [0.15, 0.2) is 0 Å². The molecule has 1 fully saturated rings. The maximum Gasteiger partial charge on any atom is 0.146 e. The molecule has 2 rings (SSSR count). The van der Waals surface area contributed by atoms with Crippen LogP contribution in [0, 0.1) is 17.7 Å². The first-order valence-electron chi connectivity index (χ1n) is 7.72. The van der Waals surface area contributed by atoms with E-state index in [1.165, 1.54) is 12.5 Å². The lowest BCUT2D eigenvalue weighted by molar-refractivity contribution is 0.199. The number of aliphatic hydroxyl groups excluding tert-OH is 1. The summed E-state index contributed by atoms with van der Waals surface area (Å²) in [6.07, 6.45) is 2.78. The average molecular weight is 279 g/mol. The van der Waals surface area contributed by atoms with Gasteiger partial charge in [-0.15, -0.1) is 0 Å². The van der Waals surface area contributed by atoms with Gasteiger partial charge in [-0.3, -0.25) is 0 Å². The summed E-state index contributed by atoms with van der Waals surface area (Å²) >= 11 is 0. The minimum Gasteiger partial charge on any atom is -0.389 e. The summed E-state index contributed by atoms with van der Waals surface area (Å²) < 4.78 is 14.2. The van der Waals surface area contributed by atoms with Crippen molar-refractivity contribution in [1.82, 2.24) is 0 Å². The van der Waals surface area contributed by atoms with Crippen molar-refractivity contribution in [2.75, 3.05) is 18.0 Å². The maximum absolute atomic E-state index is 14.2. The summed E-state index contributed by atoms with van der Waals surface area (Å²) in [7, 11) is 0. The predicted octanol–water partition coefficient (Wildman–Crippen LogP) is 4.14. The maximum atomic E-state index is 14.2. The third-order valence-corrected chi connectivity index (χ3v) is 4.50. The Morgan fingerprint density at radius 3 is 2.60 bits per heavy atom. The number of rotatable bonds is 3. The highest BCUT2D eigenvalue weighted by Crippen LogP contribution is 2.33. The standard InChI is InChI=1S/C17H26FNO/c1-12(2)14-6-5-10-19(11-9-14)17-15(13(3)20)7-4-8-16(17)18/h4,7-8,12-14,20H,5-6,9-11H2,1-3H3/t13-,14?/m1/s1. The van der Waals surface area contributed by atoms with Crippen LogP contribution < -0.4 is 4.90 Å². The van der Waals surface area contributed by atoms with Crippen LogP contribution in [0.5, 0.6) is 0 Å². The Balaban J connectivity index is 2.23. The number of hydrogen-bond donors (Lipinski definition) is 1. The van der Waals surface area contributed by atoms with Gasteiger partial charge < -0.3 is 10.0 Å². The minimum absolute atomic E-state index is 0.216. The van der Waals surface area contributed by atoms with Crippen LogP contribution >= 0.6 is 0 Å². The number of benzene rings is 1. The van der Waals surface area contributed by atoms with Crippen LogP contribution in [0.15, 0.2) is 18.2 Å². The second kappa shape index (κ2) is 6.57. The molecule has 0 amide bonds. The van der Waals surface area contributed by atoms with Crippen molar-refractivity contribution in [3.05, 3.63) is 29.6 Å². The Labute approximate surface area is 121 Å². The van der Waals surface area contributed by atoms with Crippen LogP contribution in [-0.2, 0) is 0 Å². The van der Waals surface area contributed by atoms with E-state index < -0.39 is 6.10 Å².